The third kappa shape index (κ3) is 4.83. The zero-order chi connectivity index (χ0) is 26.3. The van der Waals surface area contributed by atoms with Crippen LogP contribution in [0.15, 0.2) is 59.5 Å². The maximum atomic E-state index is 13.7. The second-order valence-corrected chi connectivity index (χ2v) is 12.2. The van der Waals surface area contributed by atoms with E-state index in [1.807, 2.05) is 12.1 Å². The van der Waals surface area contributed by atoms with E-state index in [1.165, 1.54) is 12.1 Å². The topological polar surface area (TPSA) is 114 Å². The van der Waals surface area contributed by atoms with Gasteiger partial charge in [0.1, 0.15) is 16.4 Å². The van der Waals surface area contributed by atoms with Gasteiger partial charge in [-0.25, -0.2) is 27.6 Å². The van der Waals surface area contributed by atoms with Crippen molar-refractivity contribution < 1.29 is 22.3 Å². The molecule has 6 rings (SSSR count). The highest BCUT2D eigenvalue weighted by atomic mass is 32.2. The van der Waals surface area contributed by atoms with Crippen LogP contribution in [0.4, 0.5) is 20.7 Å². The van der Waals surface area contributed by atoms with Crippen LogP contribution >= 0.6 is 0 Å². The van der Waals surface area contributed by atoms with Gasteiger partial charge >= 0.3 is 6.03 Å². The fourth-order valence-corrected chi connectivity index (χ4v) is 6.61. The highest BCUT2D eigenvalue weighted by molar-refractivity contribution is 7.92. The molecule has 3 aromatic rings. The highest BCUT2D eigenvalue weighted by Gasteiger charge is 2.58. The summed E-state index contributed by atoms with van der Waals surface area (Å²) >= 11 is 0. The zero-order valence-corrected chi connectivity index (χ0v) is 21.5. The molecule has 38 heavy (non-hydrogen) atoms. The van der Waals surface area contributed by atoms with Crippen LogP contribution in [0, 0.1) is 5.82 Å². The molecule has 0 atom stereocenters. The summed E-state index contributed by atoms with van der Waals surface area (Å²) in [6.45, 7) is 2.37. The Morgan fingerprint density at radius 2 is 1.68 bits per heavy atom. The third-order valence-electron chi connectivity index (χ3n) is 7.17. The van der Waals surface area contributed by atoms with Crippen molar-refractivity contribution >= 4 is 27.4 Å². The molecule has 2 saturated carbocycles. The quantitative estimate of drug-likeness (QED) is 0.440. The van der Waals surface area contributed by atoms with Crippen LogP contribution in [0.3, 0.4) is 0 Å². The Labute approximate surface area is 220 Å². The summed E-state index contributed by atoms with van der Waals surface area (Å²) in [5.74, 6) is 0.550. The smallest absolute Gasteiger partial charge is 0.319 e. The van der Waals surface area contributed by atoms with Crippen molar-refractivity contribution in [3.05, 3.63) is 66.1 Å². The van der Waals surface area contributed by atoms with Crippen molar-refractivity contribution in [1.29, 1.82) is 0 Å². The lowest BCUT2D eigenvalue weighted by molar-refractivity contribution is 0.122. The first-order valence-corrected chi connectivity index (χ1v) is 14.2. The van der Waals surface area contributed by atoms with Crippen LogP contribution in [-0.4, -0.2) is 56.8 Å². The van der Waals surface area contributed by atoms with Gasteiger partial charge in [-0.1, -0.05) is 0 Å². The van der Waals surface area contributed by atoms with E-state index in [4.69, 9.17) is 14.7 Å². The average molecular weight is 538 g/mol. The summed E-state index contributed by atoms with van der Waals surface area (Å²) in [5.41, 5.74) is 1.76. The van der Waals surface area contributed by atoms with Crippen LogP contribution in [-0.2, 0) is 19.3 Å². The number of anilines is 2. The molecule has 3 fully saturated rings. The van der Waals surface area contributed by atoms with Crippen LogP contribution in [0.1, 0.15) is 31.4 Å². The minimum absolute atomic E-state index is 0.0735. The van der Waals surface area contributed by atoms with Crippen molar-refractivity contribution in [3.63, 3.8) is 0 Å². The normalized spacial score (nSPS) is 18.6. The Bertz CT molecular complexity index is 1450. The number of rotatable bonds is 7. The molecule has 0 bridgehead atoms. The molecule has 3 aliphatic rings. The predicted molar refractivity (Wildman–Crippen MR) is 140 cm³/mol. The fourth-order valence-electron chi connectivity index (χ4n) is 4.65. The number of morpholine rings is 1. The minimum atomic E-state index is -3.82. The zero-order valence-electron chi connectivity index (χ0n) is 20.7. The van der Waals surface area contributed by atoms with E-state index >= 15 is 0 Å². The van der Waals surface area contributed by atoms with E-state index in [2.05, 4.69) is 15.5 Å². The number of ether oxygens (including phenoxy) is 1. The molecule has 0 spiro atoms. The molecular weight excluding hydrogens is 509 g/mol. The van der Waals surface area contributed by atoms with Crippen molar-refractivity contribution in [3.8, 4) is 11.4 Å². The first-order chi connectivity index (χ1) is 18.3. The van der Waals surface area contributed by atoms with Crippen LogP contribution in [0.2, 0.25) is 0 Å². The van der Waals surface area contributed by atoms with Gasteiger partial charge in [0, 0.05) is 36.4 Å². The summed E-state index contributed by atoms with van der Waals surface area (Å²) < 4.78 is 45.3. The maximum Gasteiger partial charge on any atom is 0.319 e. The van der Waals surface area contributed by atoms with Gasteiger partial charge in [0.25, 0.3) is 0 Å². The number of urea groups is 1. The second kappa shape index (κ2) is 9.63. The summed E-state index contributed by atoms with van der Waals surface area (Å²) in [6, 6.07) is 13.9. The van der Waals surface area contributed by atoms with Crippen molar-refractivity contribution in [2.24, 2.45) is 0 Å². The van der Waals surface area contributed by atoms with E-state index in [-0.39, 0.29) is 17.0 Å². The second-order valence-electron chi connectivity index (χ2n) is 9.94. The number of hydrogen-bond donors (Lipinski definition) is 2. The molecule has 0 unspecified atom stereocenters. The molecule has 2 heterocycles. The van der Waals surface area contributed by atoms with Crippen molar-refractivity contribution in [1.82, 2.24) is 15.3 Å². The van der Waals surface area contributed by atoms with Gasteiger partial charge in [0.2, 0.25) is 0 Å². The molecular formula is C27H28FN5O4S. The summed E-state index contributed by atoms with van der Waals surface area (Å²) in [7, 11) is -3.82. The number of amides is 2. The number of hydrogen-bond acceptors (Lipinski definition) is 7. The molecule has 2 amide bonds. The van der Waals surface area contributed by atoms with E-state index in [1.54, 1.807) is 18.2 Å². The first kappa shape index (κ1) is 24.7. The van der Waals surface area contributed by atoms with Crippen LogP contribution in [0.5, 0.6) is 0 Å². The summed E-state index contributed by atoms with van der Waals surface area (Å²) in [5, 5.41) is 5.71. The number of nitrogens with zero attached hydrogens (tertiary/aromatic N) is 3. The maximum absolute atomic E-state index is 13.7. The number of halogens is 1. The molecule has 9 nitrogen and oxygen atoms in total. The molecule has 1 aromatic heterocycles. The van der Waals surface area contributed by atoms with E-state index in [9.17, 15) is 17.6 Å². The standard InChI is InChI=1S/C27H28FN5O4S/c28-19-3-9-22(10-4-19)38(35,36)27(11-12-27)23-17-24(33-13-15-37-16-14-33)32-25(31-23)18-1-5-20(6-2-18)29-26(34)30-21-7-8-21/h1-6,9-10,17,21H,7-8,11-16H2,(H2,29,30,34). The summed E-state index contributed by atoms with van der Waals surface area (Å²) in [4.78, 5) is 23.8. The summed E-state index contributed by atoms with van der Waals surface area (Å²) in [6.07, 6.45) is 2.85. The van der Waals surface area contributed by atoms with E-state index in [0.717, 1.165) is 25.0 Å². The largest absolute Gasteiger partial charge is 0.378 e. The molecule has 2 aliphatic carbocycles. The van der Waals surface area contributed by atoms with Gasteiger partial charge in [-0.05, 0) is 74.2 Å². The molecule has 11 heteroatoms. The molecule has 2 aromatic carbocycles. The molecule has 1 aliphatic heterocycles. The van der Waals surface area contributed by atoms with Gasteiger partial charge in [-0.2, -0.15) is 0 Å². The first-order valence-electron chi connectivity index (χ1n) is 12.7. The third-order valence-corrected chi connectivity index (χ3v) is 9.71. The SMILES string of the molecule is O=C(Nc1ccc(-c2nc(N3CCOCC3)cc(C3(S(=O)(=O)c4ccc(F)cc4)CC3)n2)cc1)NC1CC1. The number of carbonyl (C=O) groups excluding carboxylic acids is 1. The van der Waals surface area contributed by atoms with Gasteiger partial charge in [0.05, 0.1) is 23.8 Å². The van der Waals surface area contributed by atoms with Gasteiger partial charge in [-0.3, -0.25) is 0 Å². The van der Waals surface area contributed by atoms with Crippen LogP contribution < -0.4 is 15.5 Å². The fraction of sp³-hybridized carbons (Fsp3) is 0.370. The number of benzene rings is 2. The Kier molecular flexibility index (Phi) is 6.27. The van der Waals surface area contributed by atoms with Crippen molar-refractivity contribution in [2.75, 3.05) is 36.5 Å². The van der Waals surface area contributed by atoms with Gasteiger partial charge < -0.3 is 20.3 Å². The highest BCUT2D eigenvalue weighted by Crippen LogP contribution is 2.55. The average Bonchev–Trinajstić information content (AvgIpc) is 3.85. The van der Waals surface area contributed by atoms with Gasteiger partial charge in [-0.15, -0.1) is 0 Å². The molecule has 198 valence electrons. The Morgan fingerprint density at radius 1 is 1.00 bits per heavy atom. The molecule has 0 radical (unpaired) electrons. The van der Waals surface area contributed by atoms with E-state index in [0.29, 0.717) is 67.7 Å². The number of carbonyl (C=O) groups is 1. The Balaban J connectivity index is 1.35. The Morgan fingerprint density at radius 3 is 2.32 bits per heavy atom. The molecule has 1 saturated heterocycles. The molecule has 2 N–H and O–H groups in total. The van der Waals surface area contributed by atoms with E-state index < -0.39 is 20.4 Å². The monoisotopic (exact) mass is 537 g/mol. The van der Waals surface area contributed by atoms with Crippen LogP contribution in [0.25, 0.3) is 11.4 Å². The van der Waals surface area contributed by atoms with Crippen molar-refractivity contribution in [2.45, 2.75) is 41.4 Å². The Hall–Kier alpha value is -3.57. The minimum Gasteiger partial charge on any atom is -0.378 e. The lowest BCUT2D eigenvalue weighted by atomic mass is 10.1. The number of sulfone groups is 1. The lowest BCUT2D eigenvalue weighted by Gasteiger charge is -2.29. The van der Waals surface area contributed by atoms with Gasteiger partial charge in [0.15, 0.2) is 15.7 Å². The predicted octanol–water partition coefficient (Wildman–Crippen LogP) is 3.87. The number of aromatic nitrogens is 2. The lowest BCUT2D eigenvalue weighted by Crippen LogP contribution is -2.37. The number of nitrogens with one attached hydrogen (secondary N) is 2.